The van der Waals surface area contributed by atoms with E-state index in [9.17, 15) is 5.11 Å². The predicted octanol–water partition coefficient (Wildman–Crippen LogP) is 2.04. The zero-order valence-electron chi connectivity index (χ0n) is 11.1. The van der Waals surface area contributed by atoms with Crippen molar-refractivity contribution < 1.29 is 5.11 Å². The molecule has 0 saturated carbocycles. The van der Waals surface area contributed by atoms with Crippen LogP contribution < -0.4 is 5.32 Å². The molecule has 2 N–H and O–H groups in total. The van der Waals surface area contributed by atoms with Gasteiger partial charge in [-0.1, -0.05) is 6.07 Å². The van der Waals surface area contributed by atoms with Crippen LogP contribution in [0.15, 0.2) is 30.6 Å². The van der Waals surface area contributed by atoms with Crippen molar-refractivity contribution in [3.63, 3.8) is 0 Å². The second-order valence-electron chi connectivity index (χ2n) is 4.97. The van der Waals surface area contributed by atoms with Crippen LogP contribution in [-0.4, -0.2) is 21.2 Å². The molecule has 19 heavy (non-hydrogen) atoms. The zero-order chi connectivity index (χ0) is 13.2. The summed E-state index contributed by atoms with van der Waals surface area (Å²) in [6, 6.07) is 5.92. The number of nitrogens with zero attached hydrogens (tertiary/aromatic N) is 2. The van der Waals surface area contributed by atoms with E-state index in [1.165, 1.54) is 11.1 Å². The first-order valence-corrected chi connectivity index (χ1v) is 6.83. The molecule has 0 amide bonds. The lowest BCUT2D eigenvalue weighted by Gasteiger charge is -2.27. The van der Waals surface area contributed by atoms with Crippen LogP contribution in [0.3, 0.4) is 0 Å². The molecular formula is C15H19N3O. The minimum absolute atomic E-state index is 0.239. The smallest absolute Gasteiger partial charge is 0.115 e. The lowest BCUT2D eigenvalue weighted by molar-refractivity contribution is 0.458. The summed E-state index contributed by atoms with van der Waals surface area (Å²) in [4.78, 5) is 4.44. The van der Waals surface area contributed by atoms with Gasteiger partial charge in [0.2, 0.25) is 0 Å². The molecule has 1 aliphatic heterocycles. The largest absolute Gasteiger partial charge is 0.508 e. The molecule has 1 aromatic carbocycles. The monoisotopic (exact) mass is 257 g/mol. The lowest BCUT2D eigenvalue weighted by atomic mass is 9.92. The van der Waals surface area contributed by atoms with Crippen molar-refractivity contribution in [2.75, 3.05) is 6.54 Å². The fourth-order valence-electron chi connectivity index (χ4n) is 2.81. The molecule has 0 radical (unpaired) electrons. The number of hydrogen-bond acceptors (Lipinski definition) is 3. The highest BCUT2D eigenvalue weighted by atomic mass is 16.3. The van der Waals surface area contributed by atoms with Gasteiger partial charge in [0.15, 0.2) is 0 Å². The number of benzene rings is 1. The topological polar surface area (TPSA) is 50.1 Å². The summed E-state index contributed by atoms with van der Waals surface area (Å²) in [5.74, 6) is 1.43. The van der Waals surface area contributed by atoms with E-state index in [0.29, 0.717) is 5.75 Å². The minimum Gasteiger partial charge on any atom is -0.508 e. The number of imidazole rings is 1. The van der Waals surface area contributed by atoms with Crippen LogP contribution in [0.1, 0.15) is 29.9 Å². The second-order valence-corrected chi connectivity index (χ2v) is 4.97. The summed E-state index contributed by atoms with van der Waals surface area (Å²) in [6.07, 6.45) is 5.75. The number of hydrogen-bond donors (Lipinski definition) is 2. The van der Waals surface area contributed by atoms with Gasteiger partial charge in [0, 0.05) is 31.4 Å². The van der Waals surface area contributed by atoms with Gasteiger partial charge in [-0.3, -0.25) is 0 Å². The molecule has 1 atom stereocenters. The van der Waals surface area contributed by atoms with Crippen molar-refractivity contribution in [2.24, 2.45) is 0 Å². The fourth-order valence-corrected chi connectivity index (χ4v) is 2.81. The maximum Gasteiger partial charge on any atom is 0.115 e. The van der Waals surface area contributed by atoms with Crippen molar-refractivity contribution in [1.82, 2.24) is 14.9 Å². The third-order valence-electron chi connectivity index (χ3n) is 3.82. The molecule has 1 unspecified atom stereocenters. The van der Waals surface area contributed by atoms with Gasteiger partial charge in [0.1, 0.15) is 11.6 Å². The molecule has 4 nitrogen and oxygen atoms in total. The average Bonchev–Trinajstić information content (AvgIpc) is 2.87. The molecule has 0 bridgehead atoms. The Kier molecular flexibility index (Phi) is 3.25. The summed E-state index contributed by atoms with van der Waals surface area (Å²) in [7, 11) is 0. The quantitative estimate of drug-likeness (QED) is 0.884. The molecule has 2 aromatic rings. The van der Waals surface area contributed by atoms with E-state index in [2.05, 4.69) is 21.8 Å². The number of aromatic hydroxyl groups is 1. The molecule has 100 valence electrons. The first kappa shape index (κ1) is 12.2. The van der Waals surface area contributed by atoms with Gasteiger partial charge in [-0.15, -0.1) is 0 Å². The number of phenols is 1. The standard InChI is InChI=1S/C15H19N3O/c1-2-18-8-7-17-15(18)10-14-13-9-12(19)4-3-11(13)5-6-16-14/h3-4,7-9,14,16,19H,2,5-6,10H2,1H3. The highest BCUT2D eigenvalue weighted by Gasteiger charge is 2.21. The van der Waals surface area contributed by atoms with Gasteiger partial charge in [-0.05, 0) is 43.1 Å². The number of phenolic OH excluding ortho intramolecular Hbond substituents is 1. The van der Waals surface area contributed by atoms with Gasteiger partial charge in [0.05, 0.1) is 0 Å². The minimum atomic E-state index is 0.239. The molecule has 1 aliphatic rings. The molecule has 1 aromatic heterocycles. The van der Waals surface area contributed by atoms with Crippen LogP contribution in [-0.2, 0) is 19.4 Å². The Hall–Kier alpha value is -1.81. The van der Waals surface area contributed by atoms with Crippen molar-refractivity contribution in [1.29, 1.82) is 0 Å². The van der Waals surface area contributed by atoms with Gasteiger partial charge < -0.3 is 15.0 Å². The van der Waals surface area contributed by atoms with Gasteiger partial charge >= 0.3 is 0 Å². The SMILES string of the molecule is CCn1ccnc1CC1NCCc2ccc(O)cc21. The van der Waals surface area contributed by atoms with Gasteiger partial charge in [-0.2, -0.15) is 0 Å². The molecule has 0 saturated heterocycles. The number of nitrogens with one attached hydrogen (secondary N) is 1. The molecule has 0 aliphatic carbocycles. The Labute approximate surface area is 113 Å². The van der Waals surface area contributed by atoms with Gasteiger partial charge in [0.25, 0.3) is 0 Å². The van der Waals surface area contributed by atoms with Crippen LogP contribution in [0.2, 0.25) is 0 Å². The summed E-state index contributed by atoms with van der Waals surface area (Å²) in [5.41, 5.74) is 2.54. The van der Waals surface area contributed by atoms with E-state index in [1.54, 1.807) is 6.07 Å². The van der Waals surface area contributed by atoms with E-state index in [-0.39, 0.29) is 6.04 Å². The van der Waals surface area contributed by atoms with Crippen LogP contribution in [0, 0.1) is 0 Å². The normalized spacial score (nSPS) is 18.3. The maximum absolute atomic E-state index is 9.68. The Morgan fingerprint density at radius 1 is 1.47 bits per heavy atom. The van der Waals surface area contributed by atoms with Gasteiger partial charge in [-0.25, -0.2) is 4.98 Å². The predicted molar refractivity (Wildman–Crippen MR) is 74.2 cm³/mol. The first-order valence-electron chi connectivity index (χ1n) is 6.83. The van der Waals surface area contributed by atoms with E-state index in [4.69, 9.17) is 0 Å². The second kappa shape index (κ2) is 5.05. The Morgan fingerprint density at radius 2 is 2.37 bits per heavy atom. The summed E-state index contributed by atoms with van der Waals surface area (Å²) < 4.78 is 2.17. The molecular weight excluding hydrogens is 238 g/mol. The van der Waals surface area contributed by atoms with E-state index >= 15 is 0 Å². The van der Waals surface area contributed by atoms with Crippen LogP contribution in [0.4, 0.5) is 0 Å². The Bertz CT molecular complexity index is 577. The lowest BCUT2D eigenvalue weighted by Crippen LogP contribution is -2.31. The van der Waals surface area contributed by atoms with Crippen molar-refractivity contribution >= 4 is 0 Å². The van der Waals surface area contributed by atoms with Crippen LogP contribution >= 0.6 is 0 Å². The summed E-state index contributed by atoms with van der Waals surface area (Å²) in [6.45, 7) is 4.05. The van der Waals surface area contributed by atoms with Crippen molar-refractivity contribution in [2.45, 2.75) is 32.4 Å². The fraction of sp³-hybridized carbons (Fsp3) is 0.400. The van der Waals surface area contributed by atoms with Crippen LogP contribution in [0.25, 0.3) is 0 Å². The van der Waals surface area contributed by atoms with E-state index in [0.717, 1.165) is 31.8 Å². The summed E-state index contributed by atoms with van der Waals surface area (Å²) in [5, 5.41) is 13.2. The number of aryl methyl sites for hydroxylation is 1. The van der Waals surface area contributed by atoms with Crippen molar-refractivity contribution in [3.8, 4) is 5.75 Å². The Morgan fingerprint density at radius 3 is 3.21 bits per heavy atom. The number of fused-ring (bicyclic) bond motifs is 1. The van der Waals surface area contributed by atoms with Crippen molar-refractivity contribution in [3.05, 3.63) is 47.5 Å². The van der Waals surface area contributed by atoms with E-state index in [1.807, 2.05) is 24.5 Å². The molecule has 0 spiro atoms. The average molecular weight is 257 g/mol. The maximum atomic E-state index is 9.68. The van der Waals surface area contributed by atoms with E-state index < -0.39 is 0 Å². The molecule has 4 heteroatoms. The molecule has 3 rings (SSSR count). The first-order chi connectivity index (χ1) is 9.28. The third kappa shape index (κ3) is 2.36. The number of rotatable bonds is 3. The molecule has 0 fully saturated rings. The highest BCUT2D eigenvalue weighted by molar-refractivity contribution is 5.39. The number of aromatic nitrogens is 2. The van der Waals surface area contributed by atoms with Crippen LogP contribution in [0.5, 0.6) is 5.75 Å². The molecule has 2 heterocycles. The third-order valence-corrected chi connectivity index (χ3v) is 3.82. The highest BCUT2D eigenvalue weighted by Crippen LogP contribution is 2.28. The summed E-state index contributed by atoms with van der Waals surface area (Å²) >= 11 is 0. The zero-order valence-corrected chi connectivity index (χ0v) is 11.1. The Balaban J connectivity index is 1.89.